The van der Waals surface area contributed by atoms with Gasteiger partial charge in [0, 0.05) is 23.6 Å². The van der Waals surface area contributed by atoms with Crippen molar-refractivity contribution in [2.24, 2.45) is 0 Å². The quantitative estimate of drug-likeness (QED) is 0.632. The van der Waals surface area contributed by atoms with Crippen LogP contribution in [-0.4, -0.2) is 45.5 Å². The molecule has 1 aromatic carbocycles. The highest BCUT2D eigenvalue weighted by Crippen LogP contribution is 2.30. The average Bonchev–Trinajstić information content (AvgIpc) is 3.37. The zero-order valence-electron chi connectivity index (χ0n) is 13.9. The van der Waals surface area contributed by atoms with E-state index < -0.39 is 0 Å². The molecule has 0 bridgehead atoms. The molecule has 0 unspecified atom stereocenters. The molecule has 0 radical (unpaired) electrons. The largest absolute Gasteiger partial charge is 0.376 e. The highest BCUT2D eigenvalue weighted by atomic mass is 35.5. The molecule has 136 valence electrons. The van der Waals surface area contributed by atoms with Crippen LogP contribution in [0.1, 0.15) is 12.8 Å². The van der Waals surface area contributed by atoms with Gasteiger partial charge in [-0.05, 0) is 30.5 Å². The van der Waals surface area contributed by atoms with Gasteiger partial charge in [-0.2, -0.15) is 0 Å². The van der Waals surface area contributed by atoms with Crippen LogP contribution in [0, 0.1) is 0 Å². The van der Waals surface area contributed by atoms with Crippen molar-refractivity contribution in [3.63, 3.8) is 0 Å². The number of fused-ring (bicyclic) bond motifs is 1. The summed E-state index contributed by atoms with van der Waals surface area (Å²) in [7, 11) is 0. The maximum atomic E-state index is 12.1. The van der Waals surface area contributed by atoms with Crippen LogP contribution in [0.3, 0.4) is 0 Å². The summed E-state index contributed by atoms with van der Waals surface area (Å²) >= 11 is 8.88. The van der Waals surface area contributed by atoms with Gasteiger partial charge in [0.1, 0.15) is 0 Å². The van der Waals surface area contributed by atoms with Gasteiger partial charge in [0.2, 0.25) is 10.9 Å². The minimum atomic E-state index is -0.0227. The van der Waals surface area contributed by atoms with E-state index in [-0.39, 0.29) is 12.0 Å². The van der Waals surface area contributed by atoms with E-state index in [9.17, 15) is 4.79 Å². The van der Waals surface area contributed by atoms with E-state index >= 15 is 0 Å². The minimum absolute atomic E-state index is 0.0227. The van der Waals surface area contributed by atoms with Gasteiger partial charge in [0.15, 0.2) is 5.16 Å². The highest BCUT2D eigenvalue weighted by Gasteiger charge is 2.18. The van der Waals surface area contributed by atoms with Crippen LogP contribution in [0.5, 0.6) is 0 Å². The maximum Gasteiger partial charge on any atom is 0.230 e. The number of nitrogens with one attached hydrogen (secondary N) is 1. The fourth-order valence-corrected chi connectivity index (χ4v) is 4.62. The molecular weight excluding hydrogens is 392 g/mol. The Hall–Kier alpha value is -1.61. The van der Waals surface area contributed by atoms with Gasteiger partial charge < -0.3 is 10.1 Å². The molecule has 1 atom stereocenters. The predicted octanol–water partition coefficient (Wildman–Crippen LogP) is 3.50. The topological polar surface area (TPSA) is 68.5 Å². The van der Waals surface area contributed by atoms with Gasteiger partial charge in [-0.25, -0.2) is 0 Å². The Bertz CT molecular complexity index is 903. The third-order valence-corrected chi connectivity index (χ3v) is 6.14. The second-order valence-corrected chi connectivity index (χ2v) is 8.17. The summed E-state index contributed by atoms with van der Waals surface area (Å²) in [5.74, 6) is 0.272. The van der Waals surface area contributed by atoms with Crippen LogP contribution < -0.4 is 5.32 Å². The Labute approximate surface area is 163 Å². The first kappa shape index (κ1) is 17.8. The number of rotatable bonds is 6. The van der Waals surface area contributed by atoms with Crippen LogP contribution in [0.25, 0.3) is 16.2 Å². The molecule has 1 amide bonds. The van der Waals surface area contributed by atoms with Crippen LogP contribution >= 0.6 is 34.7 Å². The lowest BCUT2D eigenvalue weighted by atomic mass is 10.2. The van der Waals surface area contributed by atoms with Gasteiger partial charge in [0.25, 0.3) is 0 Å². The Morgan fingerprint density at radius 1 is 1.38 bits per heavy atom. The van der Waals surface area contributed by atoms with Crippen LogP contribution in [0.4, 0.5) is 0 Å². The van der Waals surface area contributed by atoms with E-state index in [1.165, 1.54) is 23.1 Å². The first-order valence-corrected chi connectivity index (χ1v) is 10.5. The van der Waals surface area contributed by atoms with Gasteiger partial charge in [-0.3, -0.25) is 9.20 Å². The van der Waals surface area contributed by atoms with Crippen LogP contribution in [0.2, 0.25) is 5.02 Å². The molecule has 2 aromatic heterocycles. The molecule has 0 aliphatic carbocycles. The van der Waals surface area contributed by atoms with Crippen molar-refractivity contribution in [2.75, 3.05) is 18.9 Å². The minimum Gasteiger partial charge on any atom is -0.376 e. The first-order valence-electron chi connectivity index (χ1n) is 8.30. The molecule has 9 heteroatoms. The predicted molar refractivity (Wildman–Crippen MR) is 104 cm³/mol. The molecule has 3 heterocycles. The lowest BCUT2D eigenvalue weighted by molar-refractivity contribution is -0.119. The second-order valence-electron chi connectivity index (χ2n) is 5.96. The Kier molecular flexibility index (Phi) is 5.44. The third-order valence-electron chi connectivity index (χ3n) is 4.14. The van der Waals surface area contributed by atoms with Crippen LogP contribution in [0.15, 0.2) is 34.8 Å². The normalized spacial score (nSPS) is 17.0. The summed E-state index contributed by atoms with van der Waals surface area (Å²) in [6.45, 7) is 1.36. The summed E-state index contributed by atoms with van der Waals surface area (Å²) in [4.78, 5) is 12.9. The number of hydrogen-bond acceptors (Lipinski definition) is 6. The maximum absolute atomic E-state index is 12.1. The molecule has 3 aromatic rings. The number of carbonyl (C=O) groups excluding carboxylic acids is 1. The molecule has 1 aliphatic heterocycles. The number of halogens is 1. The molecule has 1 N–H and O–H groups in total. The molecular formula is C17H17ClN4O2S2. The molecule has 0 saturated carbocycles. The number of thiazole rings is 1. The van der Waals surface area contributed by atoms with Crippen molar-refractivity contribution < 1.29 is 9.53 Å². The highest BCUT2D eigenvalue weighted by molar-refractivity contribution is 7.99. The van der Waals surface area contributed by atoms with E-state index in [1.54, 1.807) is 0 Å². The van der Waals surface area contributed by atoms with Gasteiger partial charge >= 0.3 is 0 Å². The fraction of sp³-hybridized carbons (Fsp3) is 0.353. The number of ether oxygens (including phenoxy) is 1. The molecule has 26 heavy (non-hydrogen) atoms. The first-order chi connectivity index (χ1) is 12.7. The van der Waals surface area contributed by atoms with E-state index in [2.05, 4.69) is 15.5 Å². The number of hydrogen-bond donors (Lipinski definition) is 1. The summed E-state index contributed by atoms with van der Waals surface area (Å²) in [5.41, 5.74) is 2.03. The van der Waals surface area contributed by atoms with E-state index in [4.69, 9.17) is 16.3 Å². The standard InChI is InChI=1S/C17H17ClN4O2S2/c18-12-5-3-11(4-6-12)14-9-25-16-20-21-17(22(14)16)26-10-15(23)19-8-13-2-1-7-24-13/h3-6,9,13H,1-2,7-8,10H2,(H,19,23)/t13-/m1/s1. The zero-order valence-corrected chi connectivity index (χ0v) is 16.2. The number of benzene rings is 1. The number of amides is 1. The van der Waals surface area contributed by atoms with E-state index in [1.807, 2.05) is 34.0 Å². The molecule has 4 rings (SSSR count). The summed E-state index contributed by atoms with van der Waals surface area (Å²) in [6, 6.07) is 7.64. The summed E-state index contributed by atoms with van der Waals surface area (Å²) in [5, 5.41) is 14.8. The molecule has 0 spiro atoms. The van der Waals surface area contributed by atoms with Crippen LogP contribution in [-0.2, 0) is 9.53 Å². The number of aromatic nitrogens is 3. The van der Waals surface area contributed by atoms with Crippen molar-refractivity contribution >= 4 is 45.6 Å². The number of nitrogens with zero attached hydrogens (tertiary/aromatic N) is 3. The van der Waals surface area contributed by atoms with E-state index in [0.717, 1.165) is 35.7 Å². The molecule has 1 saturated heterocycles. The van der Waals surface area contributed by atoms with Crippen molar-refractivity contribution in [3.05, 3.63) is 34.7 Å². The van der Waals surface area contributed by atoms with Crippen molar-refractivity contribution in [3.8, 4) is 11.3 Å². The van der Waals surface area contributed by atoms with Gasteiger partial charge in [-0.1, -0.05) is 35.5 Å². The second kappa shape index (κ2) is 7.96. The van der Waals surface area contributed by atoms with Gasteiger partial charge in [-0.15, -0.1) is 21.5 Å². The van der Waals surface area contributed by atoms with Crippen molar-refractivity contribution in [1.82, 2.24) is 19.9 Å². The zero-order chi connectivity index (χ0) is 17.9. The number of thioether (sulfide) groups is 1. The monoisotopic (exact) mass is 408 g/mol. The molecule has 1 fully saturated rings. The van der Waals surface area contributed by atoms with Gasteiger partial charge in [0.05, 0.1) is 17.6 Å². The smallest absolute Gasteiger partial charge is 0.230 e. The fourth-order valence-electron chi connectivity index (χ4n) is 2.83. The third kappa shape index (κ3) is 3.88. The lowest BCUT2D eigenvalue weighted by Gasteiger charge is -2.10. The molecule has 1 aliphatic rings. The van der Waals surface area contributed by atoms with Crippen molar-refractivity contribution in [2.45, 2.75) is 24.1 Å². The molecule has 6 nitrogen and oxygen atoms in total. The lowest BCUT2D eigenvalue weighted by Crippen LogP contribution is -2.32. The SMILES string of the molecule is O=C(CSc1nnc2scc(-c3ccc(Cl)cc3)n12)NC[C@H]1CCCO1. The van der Waals surface area contributed by atoms with E-state index in [0.29, 0.717) is 22.5 Å². The average molecular weight is 409 g/mol. The Morgan fingerprint density at radius 3 is 3.00 bits per heavy atom. The number of carbonyl (C=O) groups is 1. The Morgan fingerprint density at radius 2 is 2.23 bits per heavy atom. The summed E-state index contributed by atoms with van der Waals surface area (Å²) < 4.78 is 7.50. The Balaban J connectivity index is 1.44. The summed E-state index contributed by atoms with van der Waals surface area (Å²) in [6.07, 6.45) is 2.23. The van der Waals surface area contributed by atoms with Crippen molar-refractivity contribution in [1.29, 1.82) is 0 Å².